The number of pyridine rings is 1. The van der Waals surface area contributed by atoms with E-state index in [0.717, 1.165) is 37.4 Å². The molecule has 1 aromatic heterocycles. The van der Waals surface area contributed by atoms with Gasteiger partial charge >= 0.3 is 0 Å². The van der Waals surface area contributed by atoms with Crippen LogP contribution >= 0.6 is 0 Å². The van der Waals surface area contributed by atoms with Crippen molar-refractivity contribution >= 4 is 5.69 Å². The maximum atomic E-state index is 12.1. The van der Waals surface area contributed by atoms with Crippen LogP contribution in [-0.4, -0.2) is 52.0 Å². The quantitative estimate of drug-likeness (QED) is 0.757. The van der Waals surface area contributed by atoms with Gasteiger partial charge in [-0.2, -0.15) is 0 Å². The van der Waals surface area contributed by atoms with Crippen LogP contribution in [0.4, 0.5) is 5.69 Å². The molecule has 3 atom stereocenters. The first-order valence-electron chi connectivity index (χ1n) is 9.21. The maximum Gasteiger partial charge on any atom is 0.250 e. The van der Waals surface area contributed by atoms with Gasteiger partial charge in [-0.3, -0.25) is 9.69 Å². The Balaban J connectivity index is 1.36. The average Bonchev–Trinajstić information content (AvgIpc) is 2.61. The topological polar surface area (TPSA) is 77.7 Å². The predicted octanol–water partition coefficient (Wildman–Crippen LogP) is 1.45. The first-order chi connectivity index (χ1) is 12.6. The molecule has 2 aromatic rings. The second kappa shape index (κ2) is 7.13. The fraction of sp³-hybridized carbons (Fsp3) is 0.450. The molecule has 2 aliphatic heterocycles. The van der Waals surface area contributed by atoms with Crippen molar-refractivity contribution in [3.63, 3.8) is 0 Å². The second-order valence-electron chi connectivity index (χ2n) is 7.50. The molecule has 6 heteroatoms. The summed E-state index contributed by atoms with van der Waals surface area (Å²) in [6.45, 7) is 3.62. The Hall–Kier alpha value is -2.31. The van der Waals surface area contributed by atoms with Gasteiger partial charge in [-0.05, 0) is 30.5 Å². The largest absolute Gasteiger partial charge is 0.508 e. The first-order valence-corrected chi connectivity index (χ1v) is 9.21. The van der Waals surface area contributed by atoms with E-state index in [1.54, 1.807) is 24.3 Å². The molecule has 1 saturated heterocycles. The summed E-state index contributed by atoms with van der Waals surface area (Å²) in [5, 5.41) is 23.1. The number of hydrogen-bond acceptors (Lipinski definition) is 5. The highest BCUT2D eigenvalue weighted by Crippen LogP contribution is 2.34. The number of anilines is 1. The number of nitrogens with one attached hydrogen (secondary N) is 1. The van der Waals surface area contributed by atoms with Crippen molar-refractivity contribution in [1.82, 2.24) is 9.47 Å². The SMILES string of the molecule is O=c1cccc2n1C[C@@H]1CC2CN(CC(O)CNc2cccc(O)c2)C1. The van der Waals surface area contributed by atoms with Crippen LogP contribution in [0.15, 0.2) is 47.3 Å². The van der Waals surface area contributed by atoms with E-state index in [2.05, 4.69) is 16.3 Å². The molecular formula is C20H25N3O3. The van der Waals surface area contributed by atoms with E-state index >= 15 is 0 Å². The van der Waals surface area contributed by atoms with Crippen LogP contribution in [0.5, 0.6) is 5.75 Å². The van der Waals surface area contributed by atoms with Crippen LogP contribution in [0.1, 0.15) is 18.0 Å². The fourth-order valence-electron chi connectivity index (χ4n) is 4.36. The molecule has 1 fully saturated rings. The molecule has 2 bridgehead atoms. The van der Waals surface area contributed by atoms with E-state index in [4.69, 9.17) is 0 Å². The van der Waals surface area contributed by atoms with E-state index < -0.39 is 6.10 Å². The van der Waals surface area contributed by atoms with Crippen molar-refractivity contribution in [2.75, 3.05) is 31.5 Å². The highest BCUT2D eigenvalue weighted by molar-refractivity contribution is 5.47. The van der Waals surface area contributed by atoms with Gasteiger partial charge in [-0.1, -0.05) is 12.1 Å². The molecule has 2 unspecified atom stereocenters. The van der Waals surface area contributed by atoms with Crippen molar-refractivity contribution in [3.05, 3.63) is 58.5 Å². The summed E-state index contributed by atoms with van der Waals surface area (Å²) in [5.74, 6) is 1.04. The Morgan fingerprint density at radius 1 is 1.15 bits per heavy atom. The number of likely N-dealkylation sites (tertiary alicyclic amines) is 1. The van der Waals surface area contributed by atoms with Gasteiger partial charge in [-0.25, -0.2) is 0 Å². The number of aliphatic hydroxyl groups is 1. The van der Waals surface area contributed by atoms with Crippen LogP contribution in [0.3, 0.4) is 0 Å². The van der Waals surface area contributed by atoms with E-state index in [0.29, 0.717) is 24.9 Å². The number of aromatic hydroxyl groups is 1. The standard InChI is InChI=1S/C20H25N3O3/c24-17-4-1-3-16(8-17)21-9-18(25)13-22-10-14-7-15(12-22)19-5-2-6-20(26)23(19)11-14/h1-6,8,14-15,18,21,24-25H,7,9-13H2/t14-,15?,18?/m1/s1. The average molecular weight is 355 g/mol. The number of β-amino-alcohol motifs (C(OH)–C–C–N with tert-alkyl or cyclic N) is 1. The van der Waals surface area contributed by atoms with E-state index in [9.17, 15) is 15.0 Å². The Morgan fingerprint density at radius 2 is 2.00 bits per heavy atom. The molecule has 0 amide bonds. The Morgan fingerprint density at radius 3 is 2.85 bits per heavy atom. The summed E-state index contributed by atoms with van der Waals surface area (Å²) in [6, 6.07) is 12.5. The van der Waals surface area contributed by atoms with Gasteiger partial charge in [-0.15, -0.1) is 0 Å². The number of nitrogens with zero attached hydrogens (tertiary/aromatic N) is 2. The number of phenols is 1. The highest BCUT2D eigenvalue weighted by atomic mass is 16.3. The van der Waals surface area contributed by atoms with Crippen LogP contribution in [0.25, 0.3) is 0 Å². The minimum absolute atomic E-state index is 0.0981. The lowest BCUT2D eigenvalue weighted by Gasteiger charge is -2.43. The first kappa shape index (κ1) is 17.1. The van der Waals surface area contributed by atoms with Gasteiger partial charge < -0.3 is 20.1 Å². The smallest absolute Gasteiger partial charge is 0.250 e. The zero-order valence-electron chi connectivity index (χ0n) is 14.7. The van der Waals surface area contributed by atoms with Crippen LogP contribution in [0, 0.1) is 5.92 Å². The number of piperidine rings is 1. The molecular weight excluding hydrogens is 330 g/mol. The summed E-state index contributed by atoms with van der Waals surface area (Å²) in [6.07, 6.45) is 0.631. The molecule has 26 heavy (non-hydrogen) atoms. The van der Waals surface area contributed by atoms with Crippen molar-refractivity contribution in [2.24, 2.45) is 5.92 Å². The number of fused-ring (bicyclic) bond motifs is 4. The van der Waals surface area contributed by atoms with Gasteiger partial charge in [0, 0.05) is 62.2 Å². The van der Waals surface area contributed by atoms with Gasteiger partial charge in [0.05, 0.1) is 6.10 Å². The van der Waals surface area contributed by atoms with E-state index in [-0.39, 0.29) is 11.3 Å². The zero-order valence-corrected chi connectivity index (χ0v) is 14.7. The Bertz CT molecular complexity index is 835. The monoisotopic (exact) mass is 355 g/mol. The predicted molar refractivity (Wildman–Crippen MR) is 101 cm³/mol. The van der Waals surface area contributed by atoms with Gasteiger partial charge in [0.1, 0.15) is 5.75 Å². The Labute approximate surface area is 152 Å². The zero-order chi connectivity index (χ0) is 18.1. The van der Waals surface area contributed by atoms with Crippen LogP contribution in [0.2, 0.25) is 0 Å². The van der Waals surface area contributed by atoms with Gasteiger partial charge in [0.15, 0.2) is 0 Å². The normalized spacial score (nSPS) is 23.3. The number of aromatic nitrogens is 1. The molecule has 1 aromatic carbocycles. The van der Waals surface area contributed by atoms with Gasteiger partial charge in [0.25, 0.3) is 5.56 Å². The molecule has 0 spiro atoms. The third-order valence-electron chi connectivity index (χ3n) is 5.41. The summed E-state index contributed by atoms with van der Waals surface area (Å²) in [7, 11) is 0. The lowest BCUT2D eigenvalue weighted by Crippen LogP contribution is -2.49. The molecule has 3 N–H and O–H groups in total. The Kier molecular flexibility index (Phi) is 4.70. The lowest BCUT2D eigenvalue weighted by atomic mass is 9.83. The highest BCUT2D eigenvalue weighted by Gasteiger charge is 2.34. The minimum atomic E-state index is -0.492. The van der Waals surface area contributed by atoms with Gasteiger partial charge in [0.2, 0.25) is 0 Å². The second-order valence-corrected chi connectivity index (χ2v) is 7.50. The number of aliphatic hydroxyl groups excluding tert-OH is 1. The van der Waals surface area contributed by atoms with E-state index in [1.807, 2.05) is 16.7 Å². The number of rotatable bonds is 5. The molecule has 3 heterocycles. The molecule has 6 nitrogen and oxygen atoms in total. The third kappa shape index (κ3) is 3.61. The van der Waals surface area contributed by atoms with Crippen molar-refractivity contribution in [3.8, 4) is 5.75 Å². The van der Waals surface area contributed by atoms with Crippen molar-refractivity contribution in [2.45, 2.75) is 25.0 Å². The molecule has 0 radical (unpaired) electrons. The summed E-state index contributed by atoms with van der Waals surface area (Å²) < 4.78 is 1.93. The van der Waals surface area contributed by atoms with Crippen LogP contribution < -0.4 is 10.9 Å². The molecule has 0 saturated carbocycles. The molecule has 0 aliphatic carbocycles. The van der Waals surface area contributed by atoms with Crippen molar-refractivity contribution in [1.29, 1.82) is 0 Å². The third-order valence-corrected chi connectivity index (χ3v) is 5.41. The minimum Gasteiger partial charge on any atom is -0.508 e. The lowest BCUT2D eigenvalue weighted by molar-refractivity contribution is 0.0676. The number of benzene rings is 1. The maximum absolute atomic E-state index is 12.1. The van der Waals surface area contributed by atoms with Crippen molar-refractivity contribution < 1.29 is 10.2 Å². The molecule has 4 rings (SSSR count). The summed E-state index contributed by atoms with van der Waals surface area (Å²) in [4.78, 5) is 14.4. The van der Waals surface area contributed by atoms with E-state index in [1.165, 1.54) is 0 Å². The number of hydrogen-bond donors (Lipinski definition) is 3. The fourth-order valence-corrected chi connectivity index (χ4v) is 4.36. The number of phenolic OH excluding ortho intramolecular Hbond substituents is 1. The summed E-state index contributed by atoms with van der Waals surface area (Å²) >= 11 is 0. The van der Waals surface area contributed by atoms with Crippen LogP contribution in [-0.2, 0) is 6.54 Å². The molecule has 2 aliphatic rings. The molecule has 138 valence electrons. The summed E-state index contributed by atoms with van der Waals surface area (Å²) in [5.41, 5.74) is 2.03.